The van der Waals surface area contributed by atoms with E-state index in [1.807, 2.05) is 22.7 Å². The van der Waals surface area contributed by atoms with Gasteiger partial charge in [-0.15, -0.1) is 0 Å². The second-order valence-electron chi connectivity index (χ2n) is 7.67. The van der Waals surface area contributed by atoms with E-state index in [4.69, 9.17) is 9.47 Å². The minimum absolute atomic E-state index is 0.00582. The fraction of sp³-hybridized carbons (Fsp3) is 0.579. The highest BCUT2D eigenvalue weighted by Crippen LogP contribution is 2.41. The zero-order valence-corrected chi connectivity index (χ0v) is 16.5. The van der Waals surface area contributed by atoms with Crippen molar-refractivity contribution in [2.75, 3.05) is 62.8 Å². The molecule has 10 nitrogen and oxygen atoms in total. The van der Waals surface area contributed by atoms with Crippen LogP contribution in [0.1, 0.15) is 11.6 Å². The fourth-order valence-electron chi connectivity index (χ4n) is 4.34. The zero-order chi connectivity index (χ0) is 19.8. The first-order valence-electron chi connectivity index (χ1n) is 10.0. The quantitative estimate of drug-likeness (QED) is 0.776. The van der Waals surface area contributed by atoms with E-state index in [2.05, 4.69) is 25.2 Å². The van der Waals surface area contributed by atoms with Crippen LogP contribution in [-0.4, -0.2) is 82.9 Å². The topological polar surface area (TPSA) is 97.6 Å². The summed E-state index contributed by atoms with van der Waals surface area (Å²) in [7, 11) is 1.95. The number of aryl methyl sites for hydroxylation is 1. The molecule has 0 radical (unpaired) electrons. The highest BCUT2D eigenvalue weighted by molar-refractivity contribution is 5.82. The summed E-state index contributed by atoms with van der Waals surface area (Å²) in [6, 6.07) is 0. The van der Waals surface area contributed by atoms with E-state index in [-0.39, 0.29) is 17.7 Å². The Bertz CT molecular complexity index is 896. The standard InChI is InChI=1S/C19H25N7O3/c1-24-10-15(23-12-24)13-8-26(9-14(13)19(27)25-3-6-28-7-4-25)18-16-17(21-11-22-18)20-2-5-29-16/h10-14H,2-9H2,1H3,(H,20,21,22)/t13-,14-/m1/s1. The summed E-state index contributed by atoms with van der Waals surface area (Å²) in [4.78, 5) is 30.8. The van der Waals surface area contributed by atoms with E-state index >= 15 is 0 Å². The second kappa shape index (κ2) is 7.51. The van der Waals surface area contributed by atoms with E-state index < -0.39 is 0 Å². The van der Waals surface area contributed by atoms with Crippen molar-refractivity contribution in [3.63, 3.8) is 0 Å². The van der Waals surface area contributed by atoms with Crippen molar-refractivity contribution >= 4 is 17.5 Å². The Morgan fingerprint density at radius 2 is 2.03 bits per heavy atom. The summed E-state index contributed by atoms with van der Waals surface area (Å²) in [6.07, 6.45) is 5.33. The highest BCUT2D eigenvalue weighted by atomic mass is 16.5. The van der Waals surface area contributed by atoms with Gasteiger partial charge in [-0.1, -0.05) is 0 Å². The molecule has 0 unspecified atom stereocenters. The second-order valence-corrected chi connectivity index (χ2v) is 7.67. The summed E-state index contributed by atoms with van der Waals surface area (Å²) in [6.45, 7) is 4.99. The first kappa shape index (κ1) is 18.2. The molecule has 0 saturated carbocycles. The molecule has 2 aromatic heterocycles. The van der Waals surface area contributed by atoms with Crippen LogP contribution in [-0.2, 0) is 16.6 Å². The Kier molecular flexibility index (Phi) is 4.70. The molecular formula is C19H25N7O3. The smallest absolute Gasteiger partial charge is 0.228 e. The van der Waals surface area contributed by atoms with Gasteiger partial charge in [0.2, 0.25) is 11.7 Å². The predicted molar refractivity (Wildman–Crippen MR) is 105 cm³/mol. The van der Waals surface area contributed by atoms with Gasteiger partial charge in [0.05, 0.1) is 37.7 Å². The molecule has 0 aromatic carbocycles. The Balaban J connectivity index is 1.46. The molecule has 3 aliphatic rings. The van der Waals surface area contributed by atoms with Gasteiger partial charge in [0.25, 0.3) is 0 Å². The van der Waals surface area contributed by atoms with Crippen molar-refractivity contribution < 1.29 is 14.3 Å². The van der Waals surface area contributed by atoms with Crippen LogP contribution in [0.5, 0.6) is 5.75 Å². The molecular weight excluding hydrogens is 374 g/mol. The molecule has 1 N–H and O–H groups in total. The Morgan fingerprint density at radius 3 is 2.83 bits per heavy atom. The average Bonchev–Trinajstić information content (AvgIpc) is 3.40. The average molecular weight is 399 g/mol. The van der Waals surface area contributed by atoms with Crippen molar-refractivity contribution in [2.45, 2.75) is 5.92 Å². The molecule has 0 spiro atoms. The number of aromatic nitrogens is 4. The number of imidazole rings is 1. The van der Waals surface area contributed by atoms with Crippen molar-refractivity contribution in [3.8, 4) is 5.75 Å². The summed E-state index contributed by atoms with van der Waals surface area (Å²) in [5.41, 5.74) is 0.934. The number of anilines is 2. The van der Waals surface area contributed by atoms with Gasteiger partial charge in [-0.05, 0) is 0 Å². The van der Waals surface area contributed by atoms with Crippen LogP contribution in [0.4, 0.5) is 11.6 Å². The number of ether oxygens (including phenoxy) is 2. The lowest BCUT2D eigenvalue weighted by atomic mass is 9.92. The Morgan fingerprint density at radius 1 is 1.17 bits per heavy atom. The summed E-state index contributed by atoms with van der Waals surface area (Å²) in [5, 5.41) is 3.25. The number of hydrogen-bond donors (Lipinski definition) is 1. The number of nitrogens with zero attached hydrogens (tertiary/aromatic N) is 6. The number of nitrogens with one attached hydrogen (secondary N) is 1. The molecule has 29 heavy (non-hydrogen) atoms. The minimum Gasteiger partial charge on any atom is -0.485 e. The zero-order valence-electron chi connectivity index (χ0n) is 16.5. The third-order valence-electron chi connectivity index (χ3n) is 5.79. The SMILES string of the molecule is Cn1cnc([C@@H]2CN(c3ncnc4c3OCCN4)C[C@H]2C(=O)N2CCOCC2)c1. The molecule has 2 atom stereocenters. The number of morpholine rings is 1. The van der Waals surface area contributed by atoms with E-state index in [0.717, 1.165) is 18.1 Å². The van der Waals surface area contributed by atoms with Crippen molar-refractivity contribution in [1.82, 2.24) is 24.4 Å². The van der Waals surface area contributed by atoms with Crippen molar-refractivity contribution in [3.05, 3.63) is 24.5 Å². The molecule has 0 bridgehead atoms. The lowest BCUT2D eigenvalue weighted by Crippen LogP contribution is -2.45. The monoisotopic (exact) mass is 399 g/mol. The number of carbonyl (C=O) groups excluding carboxylic acids is 1. The number of rotatable bonds is 3. The largest absolute Gasteiger partial charge is 0.485 e. The van der Waals surface area contributed by atoms with E-state index in [1.54, 1.807) is 12.7 Å². The molecule has 0 aliphatic carbocycles. The van der Waals surface area contributed by atoms with Crippen LogP contribution >= 0.6 is 0 Å². The maximum atomic E-state index is 13.4. The number of hydrogen-bond acceptors (Lipinski definition) is 8. The summed E-state index contributed by atoms with van der Waals surface area (Å²) >= 11 is 0. The van der Waals surface area contributed by atoms with Crippen molar-refractivity contribution in [2.24, 2.45) is 13.0 Å². The summed E-state index contributed by atoms with van der Waals surface area (Å²) < 4.78 is 13.2. The Labute approximate surface area is 168 Å². The maximum Gasteiger partial charge on any atom is 0.228 e. The van der Waals surface area contributed by atoms with Crippen LogP contribution in [0.15, 0.2) is 18.9 Å². The third-order valence-corrected chi connectivity index (χ3v) is 5.79. The van der Waals surface area contributed by atoms with E-state index in [1.165, 1.54) is 0 Å². The fourth-order valence-corrected chi connectivity index (χ4v) is 4.34. The maximum absolute atomic E-state index is 13.4. The Hall–Kier alpha value is -2.88. The normalized spacial score (nSPS) is 24.0. The molecule has 2 aromatic rings. The van der Waals surface area contributed by atoms with Gasteiger partial charge in [-0.3, -0.25) is 4.79 Å². The number of fused-ring (bicyclic) bond motifs is 1. The molecule has 2 fully saturated rings. The van der Waals surface area contributed by atoms with Crippen molar-refractivity contribution in [1.29, 1.82) is 0 Å². The van der Waals surface area contributed by atoms with Gasteiger partial charge < -0.3 is 29.2 Å². The van der Waals surface area contributed by atoms with Crippen LogP contribution < -0.4 is 15.0 Å². The van der Waals surface area contributed by atoms with E-state index in [9.17, 15) is 4.79 Å². The molecule has 2 saturated heterocycles. The van der Waals surface area contributed by atoms with Crippen LogP contribution in [0.25, 0.3) is 0 Å². The lowest BCUT2D eigenvalue weighted by Gasteiger charge is -2.30. The van der Waals surface area contributed by atoms with Crippen LogP contribution in [0.3, 0.4) is 0 Å². The van der Waals surface area contributed by atoms with Gasteiger partial charge in [0, 0.05) is 45.3 Å². The first-order chi connectivity index (χ1) is 14.2. The predicted octanol–water partition coefficient (Wildman–Crippen LogP) is 0.0932. The lowest BCUT2D eigenvalue weighted by molar-refractivity contribution is -0.139. The van der Waals surface area contributed by atoms with E-state index in [0.29, 0.717) is 57.6 Å². The number of amides is 1. The highest BCUT2D eigenvalue weighted by Gasteiger charge is 2.43. The molecule has 5 heterocycles. The van der Waals surface area contributed by atoms with Gasteiger partial charge in [-0.25, -0.2) is 15.0 Å². The molecule has 10 heteroatoms. The van der Waals surface area contributed by atoms with Gasteiger partial charge in [0.1, 0.15) is 12.9 Å². The molecule has 154 valence electrons. The van der Waals surface area contributed by atoms with Gasteiger partial charge in [0.15, 0.2) is 11.6 Å². The third kappa shape index (κ3) is 3.37. The first-order valence-corrected chi connectivity index (χ1v) is 10.0. The summed E-state index contributed by atoms with van der Waals surface area (Å²) in [5.74, 6) is 2.07. The van der Waals surface area contributed by atoms with Gasteiger partial charge >= 0.3 is 0 Å². The van der Waals surface area contributed by atoms with Gasteiger partial charge in [-0.2, -0.15) is 0 Å². The van der Waals surface area contributed by atoms with Crippen LogP contribution in [0.2, 0.25) is 0 Å². The number of carbonyl (C=O) groups is 1. The minimum atomic E-state index is -0.190. The molecule has 1 amide bonds. The molecule has 5 rings (SSSR count). The molecule has 3 aliphatic heterocycles. The van der Waals surface area contributed by atoms with Crippen LogP contribution in [0, 0.1) is 5.92 Å².